The van der Waals surface area contributed by atoms with E-state index in [1.165, 1.54) is 0 Å². The predicted molar refractivity (Wildman–Crippen MR) is 37.3 cm³/mol. The first kappa shape index (κ1) is 9.11. The topological polar surface area (TPSA) is 83.9 Å². The van der Waals surface area contributed by atoms with E-state index in [2.05, 4.69) is 0 Å². The fourth-order valence-corrected chi connectivity index (χ4v) is 1.17. The molecule has 0 rings (SSSR count). The van der Waals surface area contributed by atoms with E-state index in [4.69, 9.17) is 11.0 Å². The monoisotopic (exact) mass is 160 g/mol. The second-order valence-electron chi connectivity index (χ2n) is 1.66. The van der Waals surface area contributed by atoms with Gasteiger partial charge in [-0.05, 0) is 0 Å². The smallest absolute Gasteiger partial charge is 0.230 e. The highest BCUT2D eigenvalue weighted by molar-refractivity contribution is 7.85. The number of hydrogen-bond acceptors (Lipinski definition) is 3. The van der Waals surface area contributed by atoms with Crippen LogP contribution in [-0.4, -0.2) is 21.6 Å². The molecule has 4 nitrogen and oxygen atoms in total. The zero-order chi connectivity index (χ0) is 7.98. The summed E-state index contributed by atoms with van der Waals surface area (Å²) in [7, 11) is -1.25. The largest absolute Gasteiger partial charge is 0.369 e. The van der Waals surface area contributed by atoms with E-state index in [9.17, 15) is 9.00 Å². The number of nitrogens with two attached hydrogens (primary N) is 1. The highest BCUT2D eigenvalue weighted by atomic mass is 32.2. The number of nitriles is 1. The lowest BCUT2D eigenvalue weighted by Gasteiger charge is -1.92. The van der Waals surface area contributed by atoms with Crippen LogP contribution in [0.2, 0.25) is 0 Å². The van der Waals surface area contributed by atoms with Gasteiger partial charge in [0.15, 0.2) is 0 Å². The molecule has 5 heteroatoms. The summed E-state index contributed by atoms with van der Waals surface area (Å²) in [6.07, 6.45) is 0.208. The summed E-state index contributed by atoms with van der Waals surface area (Å²) in [6.45, 7) is 0. The molecule has 0 saturated carbocycles. The molecule has 0 heterocycles. The van der Waals surface area contributed by atoms with Crippen LogP contribution in [0.25, 0.3) is 0 Å². The Hall–Kier alpha value is -0.890. The van der Waals surface area contributed by atoms with E-state index in [1.54, 1.807) is 0 Å². The van der Waals surface area contributed by atoms with Gasteiger partial charge in [-0.25, -0.2) is 0 Å². The minimum absolute atomic E-state index is 0.137. The van der Waals surface area contributed by atoms with E-state index in [-0.39, 0.29) is 17.9 Å². The Bertz CT molecular complexity index is 185. The lowest BCUT2D eigenvalue weighted by molar-refractivity contribution is -0.115. The van der Waals surface area contributed by atoms with Gasteiger partial charge in [-0.2, -0.15) is 5.26 Å². The van der Waals surface area contributed by atoms with E-state index in [0.29, 0.717) is 0 Å². The Kier molecular flexibility index (Phi) is 4.50. The maximum Gasteiger partial charge on any atom is 0.230 e. The molecule has 0 spiro atoms. The van der Waals surface area contributed by atoms with Crippen LogP contribution in [0.3, 0.4) is 0 Å². The number of hydrogen-bond donors (Lipinski definition) is 1. The summed E-state index contributed by atoms with van der Waals surface area (Å²) in [5, 5.41) is 8.05. The molecule has 0 aliphatic heterocycles. The average molecular weight is 160 g/mol. The van der Waals surface area contributed by atoms with Crippen LogP contribution < -0.4 is 5.73 Å². The molecule has 0 aromatic heterocycles. The molecule has 0 aliphatic carbocycles. The molecule has 1 atom stereocenters. The van der Waals surface area contributed by atoms with Crippen LogP contribution in [0.5, 0.6) is 0 Å². The van der Waals surface area contributed by atoms with Crippen molar-refractivity contribution >= 4 is 16.7 Å². The van der Waals surface area contributed by atoms with Crippen LogP contribution in [0.15, 0.2) is 0 Å². The van der Waals surface area contributed by atoms with Gasteiger partial charge in [0, 0.05) is 23.0 Å². The Morgan fingerprint density at radius 3 is 2.70 bits per heavy atom. The normalized spacial score (nSPS) is 11.9. The van der Waals surface area contributed by atoms with Crippen molar-refractivity contribution in [2.75, 3.05) is 11.5 Å². The first-order chi connectivity index (χ1) is 4.66. The van der Waals surface area contributed by atoms with Gasteiger partial charge in [-0.1, -0.05) is 0 Å². The highest BCUT2D eigenvalue weighted by Crippen LogP contribution is 1.84. The number of primary amides is 1. The first-order valence-electron chi connectivity index (χ1n) is 2.67. The quantitative estimate of drug-likeness (QED) is 0.580. The van der Waals surface area contributed by atoms with Gasteiger partial charge in [-0.3, -0.25) is 9.00 Å². The Labute approximate surface area is 61.5 Å². The zero-order valence-electron chi connectivity index (χ0n) is 5.37. The lowest BCUT2D eigenvalue weighted by Crippen LogP contribution is -2.20. The summed E-state index contributed by atoms with van der Waals surface area (Å²) < 4.78 is 10.7. The van der Waals surface area contributed by atoms with Crippen molar-refractivity contribution in [3.63, 3.8) is 0 Å². The fourth-order valence-electron chi connectivity index (χ4n) is 0.390. The van der Waals surface area contributed by atoms with E-state index < -0.39 is 16.7 Å². The lowest BCUT2D eigenvalue weighted by atomic mass is 10.6. The summed E-state index contributed by atoms with van der Waals surface area (Å²) in [5.74, 6) is -0.488. The Morgan fingerprint density at radius 1 is 1.70 bits per heavy atom. The molecule has 1 amide bonds. The molecule has 56 valence electrons. The molecule has 0 aromatic rings. The number of amides is 1. The second-order valence-corrected chi connectivity index (χ2v) is 3.24. The van der Waals surface area contributed by atoms with Crippen LogP contribution in [0.4, 0.5) is 0 Å². The molecular weight excluding hydrogens is 152 g/mol. The van der Waals surface area contributed by atoms with Gasteiger partial charge >= 0.3 is 0 Å². The maximum atomic E-state index is 10.7. The van der Waals surface area contributed by atoms with Crippen molar-refractivity contribution in [3.8, 4) is 6.07 Å². The number of nitrogens with zero attached hydrogens (tertiary/aromatic N) is 1. The third-order valence-corrected chi connectivity index (χ3v) is 2.01. The Morgan fingerprint density at radius 2 is 2.30 bits per heavy atom. The maximum absolute atomic E-state index is 10.7. The molecule has 0 radical (unpaired) electrons. The fraction of sp³-hybridized carbons (Fsp3) is 0.600. The third-order valence-electron chi connectivity index (χ3n) is 0.745. The van der Waals surface area contributed by atoms with Gasteiger partial charge in [-0.15, -0.1) is 0 Å². The second kappa shape index (κ2) is 4.94. The van der Waals surface area contributed by atoms with Crippen LogP contribution in [0.1, 0.15) is 6.42 Å². The molecular formula is C5H8N2O2S. The molecule has 0 saturated heterocycles. The molecule has 0 aliphatic rings. The van der Waals surface area contributed by atoms with Gasteiger partial charge in [0.1, 0.15) is 5.75 Å². The van der Waals surface area contributed by atoms with E-state index >= 15 is 0 Å². The van der Waals surface area contributed by atoms with Crippen molar-refractivity contribution in [2.45, 2.75) is 6.42 Å². The number of rotatable bonds is 4. The van der Waals surface area contributed by atoms with Crippen molar-refractivity contribution < 1.29 is 9.00 Å². The molecule has 0 bridgehead atoms. The van der Waals surface area contributed by atoms with Crippen molar-refractivity contribution in [2.24, 2.45) is 5.73 Å². The standard InChI is InChI=1S/C5H8N2O2S/c6-2-1-3-10(9)4-5(7)8/h1,3-4H2,(H2,7,8). The zero-order valence-corrected chi connectivity index (χ0v) is 6.19. The molecule has 0 fully saturated rings. The highest BCUT2D eigenvalue weighted by Gasteiger charge is 2.02. The van der Waals surface area contributed by atoms with Gasteiger partial charge in [0.2, 0.25) is 5.91 Å². The molecule has 10 heavy (non-hydrogen) atoms. The van der Waals surface area contributed by atoms with E-state index in [0.717, 1.165) is 0 Å². The summed E-state index contributed by atoms with van der Waals surface area (Å²) >= 11 is 0. The molecule has 0 aromatic carbocycles. The summed E-state index contributed by atoms with van der Waals surface area (Å²) in [6, 6.07) is 1.83. The van der Waals surface area contributed by atoms with Crippen molar-refractivity contribution in [1.29, 1.82) is 5.26 Å². The van der Waals surface area contributed by atoms with Gasteiger partial charge < -0.3 is 5.73 Å². The summed E-state index contributed by atoms with van der Waals surface area (Å²) in [4.78, 5) is 10.1. The minimum atomic E-state index is -1.25. The van der Waals surface area contributed by atoms with Gasteiger partial charge in [0.25, 0.3) is 0 Å². The third kappa shape index (κ3) is 5.25. The first-order valence-corrected chi connectivity index (χ1v) is 4.16. The van der Waals surface area contributed by atoms with Crippen molar-refractivity contribution in [3.05, 3.63) is 0 Å². The van der Waals surface area contributed by atoms with Crippen LogP contribution in [0, 0.1) is 11.3 Å². The van der Waals surface area contributed by atoms with Crippen molar-refractivity contribution in [1.82, 2.24) is 0 Å². The SMILES string of the molecule is N#CCCS(=O)CC(N)=O. The summed E-state index contributed by atoms with van der Waals surface area (Å²) in [5.41, 5.74) is 4.75. The molecule has 2 N–H and O–H groups in total. The average Bonchev–Trinajstić information content (AvgIpc) is 1.82. The van der Waals surface area contributed by atoms with Crippen LogP contribution >= 0.6 is 0 Å². The minimum Gasteiger partial charge on any atom is -0.369 e. The number of carbonyl (C=O) groups excluding carboxylic acids is 1. The number of carbonyl (C=O) groups is 1. The van der Waals surface area contributed by atoms with Crippen LogP contribution in [-0.2, 0) is 15.6 Å². The molecule has 1 unspecified atom stereocenters. The Balaban J connectivity index is 3.47. The predicted octanol–water partition coefficient (Wildman–Crippen LogP) is -0.866. The van der Waals surface area contributed by atoms with Gasteiger partial charge in [0.05, 0.1) is 6.07 Å². The van der Waals surface area contributed by atoms with E-state index in [1.807, 2.05) is 6.07 Å².